The molecule has 1 amide bonds. The molecule has 126 valence electrons. The fourth-order valence-corrected chi connectivity index (χ4v) is 3.74. The molecule has 3 rings (SSSR count). The van der Waals surface area contributed by atoms with Crippen molar-refractivity contribution in [2.24, 2.45) is 5.92 Å². The van der Waals surface area contributed by atoms with E-state index in [0.717, 1.165) is 0 Å². The molecular weight excluding hydrogens is 332 g/mol. The third-order valence-electron chi connectivity index (χ3n) is 3.48. The van der Waals surface area contributed by atoms with Crippen LogP contribution in [0.2, 0.25) is 0 Å². The standard InChI is InChI=1S/C15H16N4O4S/c20-13(9-11-5-8-24(21,22)10-11)17-7-4-14-18-15(19-23-14)12-3-1-2-6-16-12/h1-3,5-6,8,11H,4,7,9-10H2,(H,17,20)/t11-/m0/s1. The number of nitrogens with one attached hydrogen (secondary N) is 1. The summed E-state index contributed by atoms with van der Waals surface area (Å²) in [5, 5.41) is 7.74. The van der Waals surface area contributed by atoms with Crippen LogP contribution in [0.5, 0.6) is 0 Å². The third-order valence-corrected chi connectivity index (χ3v) is 4.94. The minimum absolute atomic E-state index is 0.00247. The van der Waals surface area contributed by atoms with Crippen molar-refractivity contribution in [3.8, 4) is 11.5 Å². The van der Waals surface area contributed by atoms with E-state index in [1.54, 1.807) is 24.4 Å². The van der Waals surface area contributed by atoms with Gasteiger partial charge in [0.05, 0.1) is 5.75 Å². The lowest BCUT2D eigenvalue weighted by atomic mass is 10.1. The Morgan fingerprint density at radius 3 is 2.96 bits per heavy atom. The molecule has 0 spiro atoms. The number of carbonyl (C=O) groups excluding carboxylic acids is 1. The summed E-state index contributed by atoms with van der Waals surface area (Å²) in [6.45, 7) is 0.339. The van der Waals surface area contributed by atoms with E-state index in [4.69, 9.17) is 4.52 Å². The molecule has 2 aromatic rings. The molecule has 0 aliphatic carbocycles. The number of nitrogens with zero attached hydrogens (tertiary/aromatic N) is 3. The molecule has 24 heavy (non-hydrogen) atoms. The number of aromatic nitrogens is 3. The molecule has 0 radical (unpaired) electrons. The highest BCUT2D eigenvalue weighted by Crippen LogP contribution is 2.18. The second-order valence-corrected chi connectivity index (χ2v) is 7.38. The number of hydrogen-bond donors (Lipinski definition) is 1. The maximum Gasteiger partial charge on any atom is 0.228 e. The summed E-state index contributed by atoms with van der Waals surface area (Å²) in [6, 6.07) is 5.40. The van der Waals surface area contributed by atoms with Crippen LogP contribution in [0.15, 0.2) is 40.4 Å². The minimum Gasteiger partial charge on any atom is -0.356 e. The Bertz CT molecular complexity index is 845. The topological polar surface area (TPSA) is 115 Å². The van der Waals surface area contributed by atoms with E-state index in [2.05, 4.69) is 20.4 Å². The SMILES string of the molecule is O=C(C[C@@H]1C=CS(=O)(=O)C1)NCCc1nc(-c2ccccn2)no1. The number of pyridine rings is 1. The molecule has 0 unspecified atom stereocenters. The van der Waals surface area contributed by atoms with Gasteiger partial charge in [-0.1, -0.05) is 17.3 Å². The predicted octanol–water partition coefficient (Wildman–Crippen LogP) is 0.739. The van der Waals surface area contributed by atoms with Crippen LogP contribution in [0.4, 0.5) is 0 Å². The van der Waals surface area contributed by atoms with Crippen LogP contribution in [0, 0.1) is 5.92 Å². The van der Waals surface area contributed by atoms with Crippen LogP contribution in [-0.2, 0) is 21.1 Å². The zero-order chi connectivity index (χ0) is 17.0. The zero-order valence-electron chi connectivity index (χ0n) is 12.8. The number of hydrogen-bond acceptors (Lipinski definition) is 7. The quantitative estimate of drug-likeness (QED) is 0.818. The zero-order valence-corrected chi connectivity index (χ0v) is 13.6. The van der Waals surface area contributed by atoms with Crippen molar-refractivity contribution >= 4 is 15.7 Å². The van der Waals surface area contributed by atoms with Gasteiger partial charge in [-0.3, -0.25) is 9.78 Å². The van der Waals surface area contributed by atoms with E-state index in [1.807, 2.05) is 6.07 Å². The maximum absolute atomic E-state index is 11.8. The highest BCUT2D eigenvalue weighted by molar-refractivity contribution is 7.94. The average Bonchev–Trinajstić information content (AvgIpc) is 3.15. The fraction of sp³-hybridized carbons (Fsp3) is 0.333. The molecule has 1 aliphatic rings. The second kappa shape index (κ2) is 6.91. The third kappa shape index (κ3) is 4.25. The van der Waals surface area contributed by atoms with E-state index in [9.17, 15) is 13.2 Å². The average molecular weight is 348 g/mol. The van der Waals surface area contributed by atoms with Gasteiger partial charge >= 0.3 is 0 Å². The van der Waals surface area contributed by atoms with Gasteiger partial charge in [-0.25, -0.2) is 8.42 Å². The molecule has 1 N–H and O–H groups in total. The number of allylic oxidation sites excluding steroid dienone is 1. The molecule has 0 fully saturated rings. The number of carbonyl (C=O) groups is 1. The van der Waals surface area contributed by atoms with Crippen LogP contribution in [0.25, 0.3) is 11.5 Å². The first-order valence-electron chi connectivity index (χ1n) is 7.43. The Balaban J connectivity index is 1.44. The van der Waals surface area contributed by atoms with Crippen molar-refractivity contribution in [1.29, 1.82) is 0 Å². The normalized spacial score (nSPS) is 18.6. The number of rotatable bonds is 6. The molecule has 1 atom stereocenters. The molecule has 8 nitrogen and oxygen atoms in total. The van der Waals surface area contributed by atoms with E-state index in [-0.39, 0.29) is 24.0 Å². The largest absolute Gasteiger partial charge is 0.356 e. The molecule has 2 aromatic heterocycles. The number of sulfone groups is 1. The van der Waals surface area contributed by atoms with Gasteiger partial charge in [0, 0.05) is 36.9 Å². The van der Waals surface area contributed by atoms with Crippen LogP contribution in [0.3, 0.4) is 0 Å². The first-order chi connectivity index (χ1) is 11.5. The molecule has 3 heterocycles. The lowest BCUT2D eigenvalue weighted by Crippen LogP contribution is -2.28. The lowest BCUT2D eigenvalue weighted by molar-refractivity contribution is -0.121. The van der Waals surface area contributed by atoms with Gasteiger partial charge in [0.2, 0.25) is 17.6 Å². The number of amides is 1. The Labute approximate surface area is 138 Å². The van der Waals surface area contributed by atoms with Gasteiger partial charge in [-0.05, 0) is 12.1 Å². The minimum atomic E-state index is -3.13. The van der Waals surface area contributed by atoms with E-state index < -0.39 is 9.84 Å². The summed E-state index contributed by atoms with van der Waals surface area (Å²) in [5.74, 6) is 0.343. The van der Waals surface area contributed by atoms with Gasteiger partial charge in [-0.15, -0.1) is 0 Å². The molecule has 0 saturated heterocycles. The Hall–Kier alpha value is -2.55. The summed E-state index contributed by atoms with van der Waals surface area (Å²) in [6.07, 6.45) is 3.75. The smallest absolute Gasteiger partial charge is 0.228 e. The van der Waals surface area contributed by atoms with Crippen LogP contribution >= 0.6 is 0 Å². The molecule has 0 saturated carbocycles. The van der Waals surface area contributed by atoms with Gasteiger partial charge < -0.3 is 9.84 Å². The van der Waals surface area contributed by atoms with Crippen LogP contribution < -0.4 is 5.32 Å². The first-order valence-corrected chi connectivity index (χ1v) is 9.15. The van der Waals surface area contributed by atoms with Crippen molar-refractivity contribution in [2.45, 2.75) is 12.8 Å². The van der Waals surface area contributed by atoms with Gasteiger partial charge in [0.1, 0.15) is 5.69 Å². The van der Waals surface area contributed by atoms with Gasteiger partial charge in [0.15, 0.2) is 9.84 Å². The highest BCUT2D eigenvalue weighted by Gasteiger charge is 2.23. The monoisotopic (exact) mass is 348 g/mol. The van der Waals surface area contributed by atoms with Crippen LogP contribution in [0.1, 0.15) is 12.3 Å². The first kappa shape index (κ1) is 16.3. The van der Waals surface area contributed by atoms with Crippen molar-refractivity contribution in [3.63, 3.8) is 0 Å². The summed E-state index contributed by atoms with van der Waals surface area (Å²) in [4.78, 5) is 20.2. The van der Waals surface area contributed by atoms with Crippen molar-refractivity contribution in [3.05, 3.63) is 41.8 Å². The summed E-state index contributed by atoms with van der Waals surface area (Å²) < 4.78 is 27.7. The molecule has 0 bridgehead atoms. The highest BCUT2D eigenvalue weighted by atomic mass is 32.2. The van der Waals surface area contributed by atoms with Crippen molar-refractivity contribution in [2.75, 3.05) is 12.3 Å². The van der Waals surface area contributed by atoms with Crippen molar-refractivity contribution in [1.82, 2.24) is 20.4 Å². The Kier molecular flexibility index (Phi) is 4.70. The lowest BCUT2D eigenvalue weighted by Gasteiger charge is -2.06. The van der Waals surface area contributed by atoms with Crippen molar-refractivity contribution < 1.29 is 17.7 Å². The molecule has 1 aliphatic heterocycles. The van der Waals surface area contributed by atoms with Crippen LogP contribution in [-0.4, -0.2) is 41.7 Å². The van der Waals surface area contributed by atoms with E-state index >= 15 is 0 Å². The molecule has 9 heteroatoms. The Morgan fingerprint density at radius 2 is 2.25 bits per heavy atom. The molecule has 0 aromatic carbocycles. The van der Waals surface area contributed by atoms with E-state index in [1.165, 1.54) is 5.41 Å². The van der Waals surface area contributed by atoms with Gasteiger partial charge in [-0.2, -0.15) is 4.98 Å². The van der Waals surface area contributed by atoms with E-state index in [0.29, 0.717) is 30.4 Å². The van der Waals surface area contributed by atoms with Gasteiger partial charge in [0.25, 0.3) is 0 Å². The second-order valence-electron chi connectivity index (χ2n) is 5.45. The fourth-order valence-electron chi connectivity index (χ4n) is 2.34. The maximum atomic E-state index is 11.8. The summed E-state index contributed by atoms with van der Waals surface area (Å²) >= 11 is 0. The predicted molar refractivity (Wildman–Crippen MR) is 85.3 cm³/mol. The Morgan fingerprint density at radius 1 is 1.38 bits per heavy atom. The molecular formula is C15H16N4O4S. The summed E-state index contributed by atoms with van der Waals surface area (Å²) in [7, 11) is -3.13. The summed E-state index contributed by atoms with van der Waals surface area (Å²) in [5.41, 5.74) is 0.616.